The number of rotatable bonds is 4. The third-order valence-electron chi connectivity index (χ3n) is 2.76. The molecule has 0 bridgehead atoms. The van der Waals surface area contributed by atoms with Crippen molar-refractivity contribution in [1.29, 1.82) is 0 Å². The van der Waals surface area contributed by atoms with E-state index in [9.17, 15) is 4.39 Å². The number of hydrogen-bond donors (Lipinski definition) is 1. The average molecular weight is 217 g/mol. The van der Waals surface area contributed by atoms with Gasteiger partial charge in [-0.15, -0.1) is 0 Å². The van der Waals surface area contributed by atoms with Gasteiger partial charge in [-0.05, 0) is 54.9 Å². The van der Waals surface area contributed by atoms with Crippen molar-refractivity contribution in [2.75, 3.05) is 13.6 Å². The molecule has 0 aliphatic carbocycles. The average Bonchev–Trinajstić information content (AvgIpc) is 2.29. The van der Waals surface area contributed by atoms with Crippen molar-refractivity contribution in [1.82, 2.24) is 5.32 Å². The molecule has 0 unspecified atom stereocenters. The molecule has 0 fully saturated rings. The molecule has 0 saturated heterocycles. The van der Waals surface area contributed by atoms with Crippen LogP contribution in [0.25, 0.3) is 10.8 Å². The summed E-state index contributed by atoms with van der Waals surface area (Å²) in [5.74, 6) is -0.171. The Morgan fingerprint density at radius 2 is 1.81 bits per heavy atom. The van der Waals surface area contributed by atoms with Crippen LogP contribution in [0.3, 0.4) is 0 Å². The smallest absolute Gasteiger partial charge is 0.123 e. The van der Waals surface area contributed by atoms with Crippen LogP contribution < -0.4 is 5.32 Å². The van der Waals surface area contributed by atoms with Crippen LogP contribution in [0.4, 0.5) is 4.39 Å². The Kier molecular flexibility index (Phi) is 3.52. The summed E-state index contributed by atoms with van der Waals surface area (Å²) < 4.78 is 13.0. The minimum absolute atomic E-state index is 0.171. The summed E-state index contributed by atoms with van der Waals surface area (Å²) in [6, 6.07) is 11.1. The second-order valence-electron chi connectivity index (χ2n) is 4.03. The van der Waals surface area contributed by atoms with E-state index in [0.29, 0.717) is 0 Å². The molecule has 0 radical (unpaired) electrons. The molecule has 0 heterocycles. The monoisotopic (exact) mass is 217 g/mol. The Morgan fingerprint density at radius 3 is 2.62 bits per heavy atom. The van der Waals surface area contributed by atoms with Crippen LogP contribution in [-0.4, -0.2) is 13.6 Å². The Bertz CT molecular complexity index is 479. The molecule has 0 aliphatic rings. The van der Waals surface area contributed by atoms with Gasteiger partial charge in [-0.2, -0.15) is 0 Å². The van der Waals surface area contributed by atoms with Crippen molar-refractivity contribution in [3.05, 3.63) is 47.8 Å². The third kappa shape index (κ3) is 2.58. The first-order chi connectivity index (χ1) is 7.79. The van der Waals surface area contributed by atoms with E-state index in [1.807, 2.05) is 19.2 Å². The van der Waals surface area contributed by atoms with Gasteiger partial charge in [-0.25, -0.2) is 4.39 Å². The van der Waals surface area contributed by atoms with Gasteiger partial charge in [0, 0.05) is 0 Å². The molecule has 2 rings (SSSR count). The van der Waals surface area contributed by atoms with Crippen molar-refractivity contribution in [3.8, 4) is 0 Å². The highest BCUT2D eigenvalue weighted by molar-refractivity contribution is 5.83. The maximum atomic E-state index is 13.0. The van der Waals surface area contributed by atoms with Gasteiger partial charge in [-0.3, -0.25) is 0 Å². The van der Waals surface area contributed by atoms with Crippen LogP contribution in [0, 0.1) is 5.82 Å². The summed E-state index contributed by atoms with van der Waals surface area (Å²) in [6.45, 7) is 1.03. The van der Waals surface area contributed by atoms with E-state index in [1.54, 1.807) is 6.07 Å². The van der Waals surface area contributed by atoms with Crippen molar-refractivity contribution in [2.24, 2.45) is 0 Å². The highest BCUT2D eigenvalue weighted by Crippen LogP contribution is 2.18. The molecule has 0 aliphatic heterocycles. The minimum Gasteiger partial charge on any atom is -0.320 e. The maximum absolute atomic E-state index is 13.0. The van der Waals surface area contributed by atoms with Gasteiger partial charge in [0.1, 0.15) is 5.82 Å². The zero-order chi connectivity index (χ0) is 11.4. The molecule has 16 heavy (non-hydrogen) atoms. The highest BCUT2D eigenvalue weighted by Gasteiger charge is 1.98. The first kappa shape index (κ1) is 11.1. The molecule has 2 aromatic rings. The molecule has 0 aromatic heterocycles. The van der Waals surface area contributed by atoms with Crippen molar-refractivity contribution in [2.45, 2.75) is 12.8 Å². The van der Waals surface area contributed by atoms with Crippen LogP contribution >= 0.6 is 0 Å². The van der Waals surface area contributed by atoms with E-state index >= 15 is 0 Å². The molecule has 0 spiro atoms. The second-order valence-corrected chi connectivity index (χ2v) is 4.03. The van der Waals surface area contributed by atoms with E-state index in [2.05, 4.69) is 17.4 Å². The number of fused-ring (bicyclic) bond motifs is 1. The molecular weight excluding hydrogens is 201 g/mol. The van der Waals surface area contributed by atoms with Crippen molar-refractivity contribution < 1.29 is 4.39 Å². The normalized spacial score (nSPS) is 10.9. The quantitative estimate of drug-likeness (QED) is 0.776. The van der Waals surface area contributed by atoms with Gasteiger partial charge in [0.05, 0.1) is 0 Å². The number of benzene rings is 2. The van der Waals surface area contributed by atoms with E-state index in [0.717, 1.165) is 30.2 Å². The Morgan fingerprint density at radius 1 is 1.06 bits per heavy atom. The highest BCUT2D eigenvalue weighted by atomic mass is 19.1. The van der Waals surface area contributed by atoms with Crippen LogP contribution in [0.2, 0.25) is 0 Å². The van der Waals surface area contributed by atoms with Gasteiger partial charge in [0.15, 0.2) is 0 Å². The molecule has 0 saturated carbocycles. The Hall–Kier alpha value is -1.41. The summed E-state index contributed by atoms with van der Waals surface area (Å²) in [6.07, 6.45) is 2.19. The van der Waals surface area contributed by atoms with Crippen molar-refractivity contribution in [3.63, 3.8) is 0 Å². The lowest BCUT2D eigenvalue weighted by Gasteiger charge is -2.04. The number of hydrogen-bond acceptors (Lipinski definition) is 1. The van der Waals surface area contributed by atoms with Crippen LogP contribution in [0.15, 0.2) is 36.4 Å². The fourth-order valence-electron chi connectivity index (χ4n) is 1.89. The lowest BCUT2D eigenvalue weighted by atomic mass is 10.0. The van der Waals surface area contributed by atoms with Gasteiger partial charge in [0.2, 0.25) is 0 Å². The lowest BCUT2D eigenvalue weighted by Crippen LogP contribution is -2.08. The van der Waals surface area contributed by atoms with E-state index in [-0.39, 0.29) is 5.82 Å². The SMILES string of the molecule is CNCCCc1ccc2cc(F)ccc2c1. The summed E-state index contributed by atoms with van der Waals surface area (Å²) in [5.41, 5.74) is 1.31. The standard InChI is InChI=1S/C14H16FN/c1-16-8-2-3-11-4-5-13-10-14(15)7-6-12(13)9-11/h4-7,9-10,16H,2-3,8H2,1H3. The molecule has 2 aromatic carbocycles. The Balaban J connectivity index is 2.20. The fourth-order valence-corrected chi connectivity index (χ4v) is 1.89. The van der Waals surface area contributed by atoms with E-state index in [4.69, 9.17) is 0 Å². The minimum atomic E-state index is -0.171. The third-order valence-corrected chi connectivity index (χ3v) is 2.76. The summed E-state index contributed by atoms with van der Waals surface area (Å²) >= 11 is 0. The van der Waals surface area contributed by atoms with Crippen LogP contribution in [-0.2, 0) is 6.42 Å². The molecule has 0 amide bonds. The van der Waals surface area contributed by atoms with Crippen molar-refractivity contribution >= 4 is 10.8 Å². The first-order valence-corrected chi connectivity index (χ1v) is 5.62. The summed E-state index contributed by atoms with van der Waals surface area (Å²) in [7, 11) is 1.96. The largest absolute Gasteiger partial charge is 0.320 e. The second kappa shape index (κ2) is 5.08. The fraction of sp³-hybridized carbons (Fsp3) is 0.286. The summed E-state index contributed by atoms with van der Waals surface area (Å²) in [5, 5.41) is 5.22. The van der Waals surface area contributed by atoms with E-state index in [1.165, 1.54) is 11.6 Å². The molecule has 1 N–H and O–H groups in total. The maximum Gasteiger partial charge on any atom is 0.123 e. The van der Waals surface area contributed by atoms with Gasteiger partial charge in [-0.1, -0.05) is 24.3 Å². The number of nitrogens with one attached hydrogen (secondary N) is 1. The number of halogens is 1. The van der Waals surface area contributed by atoms with Gasteiger partial charge >= 0.3 is 0 Å². The first-order valence-electron chi connectivity index (χ1n) is 5.62. The number of aryl methyl sites for hydroxylation is 1. The van der Waals surface area contributed by atoms with Gasteiger partial charge in [0.25, 0.3) is 0 Å². The molecule has 1 nitrogen and oxygen atoms in total. The van der Waals surface area contributed by atoms with E-state index < -0.39 is 0 Å². The van der Waals surface area contributed by atoms with Crippen LogP contribution in [0.5, 0.6) is 0 Å². The zero-order valence-corrected chi connectivity index (χ0v) is 9.46. The Labute approximate surface area is 95.3 Å². The zero-order valence-electron chi connectivity index (χ0n) is 9.46. The summed E-state index contributed by atoms with van der Waals surface area (Å²) in [4.78, 5) is 0. The predicted octanol–water partition coefficient (Wildman–Crippen LogP) is 3.13. The predicted molar refractivity (Wildman–Crippen MR) is 66.2 cm³/mol. The topological polar surface area (TPSA) is 12.0 Å². The lowest BCUT2D eigenvalue weighted by molar-refractivity contribution is 0.629. The molecule has 84 valence electrons. The van der Waals surface area contributed by atoms with Gasteiger partial charge < -0.3 is 5.32 Å². The molecular formula is C14H16FN. The van der Waals surface area contributed by atoms with Crippen LogP contribution in [0.1, 0.15) is 12.0 Å². The molecule has 0 atom stereocenters. The molecule has 2 heteroatoms.